The molecule has 15 nitrogen and oxygen atoms in total. The number of H-pyrrole nitrogens is 2. The fourth-order valence-corrected chi connectivity index (χ4v) is 2.77. The smallest absolute Gasteiger partial charge is 0.322 e. The third kappa shape index (κ3) is 8.41. The number of carbonyl (C=O) groups is 5. The molecule has 2 rings (SSSR count). The average Bonchev–Trinajstić information content (AvgIpc) is 3.44. The number of aromatic nitrogens is 4. The normalized spacial score (nSPS) is 13.4. The van der Waals surface area contributed by atoms with Crippen molar-refractivity contribution in [3.63, 3.8) is 0 Å². The van der Waals surface area contributed by atoms with Gasteiger partial charge in [0.1, 0.15) is 18.6 Å². The number of aromatic amines is 2. The Kier molecular flexibility index (Phi) is 9.05. The van der Waals surface area contributed by atoms with Crippen LogP contribution >= 0.6 is 0 Å². The molecular formula is C18H24N8O7. The third-order valence-corrected chi connectivity index (χ3v) is 4.37. The molecule has 0 aliphatic heterocycles. The highest BCUT2D eigenvalue weighted by atomic mass is 16.4. The molecule has 0 aliphatic rings. The fraction of sp³-hybridized carbons (Fsp3) is 0.389. The molecular weight excluding hydrogens is 440 g/mol. The molecule has 15 heteroatoms. The maximum Gasteiger partial charge on any atom is 0.322 e. The molecule has 0 aliphatic carbocycles. The predicted molar refractivity (Wildman–Crippen MR) is 109 cm³/mol. The first-order chi connectivity index (χ1) is 15.7. The second-order valence-electron chi connectivity index (χ2n) is 7.00. The Morgan fingerprint density at radius 1 is 0.848 bits per heavy atom. The van der Waals surface area contributed by atoms with Crippen LogP contribution in [-0.4, -0.2) is 84.5 Å². The van der Waals surface area contributed by atoms with Crippen molar-refractivity contribution >= 4 is 29.7 Å². The van der Waals surface area contributed by atoms with E-state index in [1.54, 1.807) is 0 Å². The number of nitrogens with zero attached hydrogens (tertiary/aromatic N) is 2. The summed E-state index contributed by atoms with van der Waals surface area (Å²) >= 11 is 0. The number of amides is 3. The summed E-state index contributed by atoms with van der Waals surface area (Å²) in [7, 11) is 0. The minimum atomic E-state index is -1.57. The number of carboxylic acid groups (broad SMARTS) is 2. The molecule has 0 radical (unpaired) electrons. The van der Waals surface area contributed by atoms with Crippen molar-refractivity contribution in [1.29, 1.82) is 0 Å². The Morgan fingerprint density at radius 2 is 1.42 bits per heavy atom. The molecule has 2 heterocycles. The van der Waals surface area contributed by atoms with Gasteiger partial charge < -0.3 is 41.9 Å². The van der Waals surface area contributed by atoms with Crippen LogP contribution in [0.5, 0.6) is 0 Å². The highest BCUT2D eigenvalue weighted by Gasteiger charge is 2.30. The monoisotopic (exact) mass is 464 g/mol. The second kappa shape index (κ2) is 11.9. The molecule has 3 unspecified atom stereocenters. The summed E-state index contributed by atoms with van der Waals surface area (Å²) in [5, 5.41) is 24.5. The van der Waals surface area contributed by atoms with Gasteiger partial charge in [-0.25, -0.2) is 9.97 Å². The largest absolute Gasteiger partial charge is 0.481 e. The molecule has 0 bridgehead atoms. The highest BCUT2D eigenvalue weighted by Crippen LogP contribution is 2.03. The van der Waals surface area contributed by atoms with Crippen LogP contribution in [0.4, 0.5) is 0 Å². The summed E-state index contributed by atoms with van der Waals surface area (Å²) in [4.78, 5) is 72.7. The Hall–Kier alpha value is -4.27. The number of hydrogen-bond acceptors (Lipinski definition) is 8. The second-order valence-corrected chi connectivity index (χ2v) is 7.00. The first kappa shape index (κ1) is 25.0. The Labute approximate surface area is 186 Å². The van der Waals surface area contributed by atoms with Crippen molar-refractivity contribution < 1.29 is 34.2 Å². The molecule has 0 spiro atoms. The zero-order valence-corrected chi connectivity index (χ0v) is 17.3. The summed E-state index contributed by atoms with van der Waals surface area (Å²) in [6, 6.07) is -3.85. The molecule has 33 heavy (non-hydrogen) atoms. The molecule has 0 saturated carbocycles. The van der Waals surface area contributed by atoms with Gasteiger partial charge in [0.2, 0.25) is 17.7 Å². The van der Waals surface area contributed by atoms with E-state index in [2.05, 4.69) is 30.6 Å². The van der Waals surface area contributed by atoms with Gasteiger partial charge in [-0.05, 0) is 0 Å². The Bertz CT molecular complexity index is 961. The molecule has 3 atom stereocenters. The summed E-state index contributed by atoms with van der Waals surface area (Å²) in [5.41, 5.74) is 6.98. The summed E-state index contributed by atoms with van der Waals surface area (Å²) in [5.74, 6) is -5.30. The number of hydrogen-bond donors (Lipinski definition) is 8. The van der Waals surface area contributed by atoms with Gasteiger partial charge in [0.05, 0.1) is 25.1 Å². The van der Waals surface area contributed by atoms with Gasteiger partial charge in [-0.2, -0.15) is 0 Å². The van der Waals surface area contributed by atoms with Crippen molar-refractivity contribution in [2.45, 2.75) is 37.4 Å². The molecule has 2 aromatic rings. The van der Waals surface area contributed by atoms with Crippen LogP contribution in [0.3, 0.4) is 0 Å². The SMILES string of the molecule is NC(Cc1cnc[nH]1)C(=O)NC(Cc1cnc[nH]1)C(=O)NC(CC(=O)O)C(=O)NCC(=O)O. The first-order valence-corrected chi connectivity index (χ1v) is 9.67. The standard InChI is InChI=1S/C18H24N8O7/c19-11(1-9-4-20-7-23-9)16(31)25-12(2-10-5-21-8-24-10)18(33)26-13(3-14(27)28)17(32)22-6-15(29)30/h4-5,7-8,11-13H,1-3,6,19H2,(H,20,23)(H,21,24)(H,22,32)(H,25,31)(H,26,33)(H,27,28)(H,29,30). The topological polar surface area (TPSA) is 245 Å². The van der Waals surface area contributed by atoms with Crippen LogP contribution < -0.4 is 21.7 Å². The summed E-state index contributed by atoms with van der Waals surface area (Å²) in [6.07, 6.45) is 4.95. The molecule has 178 valence electrons. The van der Waals surface area contributed by atoms with E-state index < -0.39 is 60.8 Å². The van der Waals surface area contributed by atoms with Crippen LogP contribution in [-0.2, 0) is 36.8 Å². The van der Waals surface area contributed by atoms with Crippen molar-refractivity contribution in [3.8, 4) is 0 Å². The van der Waals surface area contributed by atoms with E-state index in [0.29, 0.717) is 11.4 Å². The lowest BCUT2D eigenvalue weighted by atomic mass is 10.1. The van der Waals surface area contributed by atoms with E-state index in [0.717, 1.165) is 0 Å². The van der Waals surface area contributed by atoms with Crippen molar-refractivity contribution in [2.24, 2.45) is 5.73 Å². The molecule has 0 saturated heterocycles. The van der Waals surface area contributed by atoms with E-state index in [1.807, 2.05) is 5.32 Å². The van der Waals surface area contributed by atoms with Crippen LogP contribution in [0.2, 0.25) is 0 Å². The van der Waals surface area contributed by atoms with E-state index in [4.69, 9.17) is 15.9 Å². The van der Waals surface area contributed by atoms with E-state index in [-0.39, 0.29) is 12.8 Å². The molecule has 3 amide bonds. The molecule has 2 aromatic heterocycles. The lowest BCUT2D eigenvalue weighted by molar-refractivity contribution is -0.141. The number of nitrogens with one attached hydrogen (secondary N) is 5. The van der Waals surface area contributed by atoms with E-state index >= 15 is 0 Å². The average molecular weight is 464 g/mol. The zero-order valence-electron chi connectivity index (χ0n) is 17.3. The Balaban J connectivity index is 2.11. The number of nitrogens with two attached hydrogens (primary N) is 1. The Morgan fingerprint density at radius 3 is 1.94 bits per heavy atom. The molecule has 0 fully saturated rings. The van der Waals surface area contributed by atoms with Gasteiger partial charge in [-0.15, -0.1) is 0 Å². The van der Waals surface area contributed by atoms with Crippen LogP contribution in [0, 0.1) is 0 Å². The predicted octanol–water partition coefficient (Wildman–Crippen LogP) is -3.11. The minimum absolute atomic E-state index is 0.0646. The van der Waals surface area contributed by atoms with Gasteiger partial charge in [0.25, 0.3) is 0 Å². The van der Waals surface area contributed by atoms with Crippen LogP contribution in [0.25, 0.3) is 0 Å². The van der Waals surface area contributed by atoms with E-state index in [1.165, 1.54) is 25.0 Å². The first-order valence-electron chi connectivity index (χ1n) is 9.67. The summed E-state index contributed by atoms with van der Waals surface area (Å²) < 4.78 is 0. The lowest BCUT2D eigenvalue weighted by Crippen LogP contribution is -2.57. The summed E-state index contributed by atoms with van der Waals surface area (Å²) in [6.45, 7) is -0.762. The molecule has 0 aromatic carbocycles. The maximum atomic E-state index is 12.9. The quantitative estimate of drug-likeness (QED) is 0.148. The van der Waals surface area contributed by atoms with Crippen LogP contribution in [0.15, 0.2) is 25.0 Å². The van der Waals surface area contributed by atoms with Crippen molar-refractivity contribution in [3.05, 3.63) is 36.4 Å². The number of carbonyl (C=O) groups excluding carboxylic acids is 3. The van der Waals surface area contributed by atoms with Crippen molar-refractivity contribution in [2.75, 3.05) is 6.54 Å². The van der Waals surface area contributed by atoms with Gasteiger partial charge >= 0.3 is 11.9 Å². The number of aliphatic carboxylic acids is 2. The number of rotatable bonds is 13. The lowest BCUT2D eigenvalue weighted by Gasteiger charge is -2.23. The van der Waals surface area contributed by atoms with Gasteiger partial charge in [-0.1, -0.05) is 0 Å². The minimum Gasteiger partial charge on any atom is -0.481 e. The van der Waals surface area contributed by atoms with Gasteiger partial charge in [-0.3, -0.25) is 24.0 Å². The highest BCUT2D eigenvalue weighted by molar-refractivity contribution is 5.95. The van der Waals surface area contributed by atoms with Gasteiger partial charge in [0.15, 0.2) is 0 Å². The number of carboxylic acids is 2. The fourth-order valence-electron chi connectivity index (χ4n) is 2.77. The third-order valence-electron chi connectivity index (χ3n) is 4.37. The van der Waals surface area contributed by atoms with Crippen molar-refractivity contribution in [1.82, 2.24) is 35.9 Å². The van der Waals surface area contributed by atoms with E-state index in [9.17, 15) is 24.0 Å². The van der Waals surface area contributed by atoms with Crippen LogP contribution in [0.1, 0.15) is 17.8 Å². The number of imidazole rings is 2. The molecule has 9 N–H and O–H groups in total. The zero-order chi connectivity index (χ0) is 24.4. The van der Waals surface area contributed by atoms with Gasteiger partial charge in [0, 0.05) is 36.6 Å². The maximum absolute atomic E-state index is 12.9.